The molecule has 2 aliphatic heterocycles. The van der Waals surface area contributed by atoms with Gasteiger partial charge in [-0.1, -0.05) is 18.2 Å². The van der Waals surface area contributed by atoms with Gasteiger partial charge >= 0.3 is 0 Å². The van der Waals surface area contributed by atoms with Gasteiger partial charge in [0.2, 0.25) is 11.8 Å². The van der Waals surface area contributed by atoms with Crippen LogP contribution in [0.5, 0.6) is 0 Å². The molecule has 0 radical (unpaired) electrons. The topological polar surface area (TPSA) is 75.9 Å². The lowest BCUT2D eigenvalue weighted by molar-refractivity contribution is -0.135. The van der Waals surface area contributed by atoms with Crippen LogP contribution >= 0.6 is 0 Å². The number of carbonyl (C=O) groups excluding carboxylic acids is 2. The minimum absolute atomic E-state index is 0.0452. The van der Waals surface area contributed by atoms with Crippen molar-refractivity contribution in [2.45, 2.75) is 6.04 Å². The van der Waals surface area contributed by atoms with Crippen LogP contribution in [-0.2, 0) is 14.3 Å². The first-order valence-electron chi connectivity index (χ1n) is 6.70. The highest BCUT2D eigenvalue weighted by atomic mass is 16.5. The number of benzene rings is 1. The number of carbonyl (C=O) groups is 2. The van der Waals surface area contributed by atoms with Gasteiger partial charge in [-0.25, -0.2) is 0 Å². The zero-order chi connectivity index (χ0) is 14.1. The van der Waals surface area contributed by atoms with E-state index in [0.29, 0.717) is 26.3 Å². The Morgan fingerprint density at radius 3 is 2.75 bits per heavy atom. The minimum atomic E-state index is -0.663. The van der Waals surface area contributed by atoms with Crippen molar-refractivity contribution < 1.29 is 14.3 Å². The van der Waals surface area contributed by atoms with Gasteiger partial charge in [0, 0.05) is 24.3 Å². The van der Waals surface area contributed by atoms with Gasteiger partial charge in [0.05, 0.1) is 13.2 Å². The third-order valence-electron chi connectivity index (χ3n) is 3.75. The number of nitrogens with zero attached hydrogens (tertiary/aromatic N) is 2. The molecule has 6 heteroatoms. The Morgan fingerprint density at radius 1 is 1.30 bits per heavy atom. The molecule has 3 rings (SSSR count). The van der Waals surface area contributed by atoms with Crippen molar-refractivity contribution in [2.75, 3.05) is 37.7 Å². The van der Waals surface area contributed by atoms with E-state index in [1.54, 1.807) is 4.90 Å². The van der Waals surface area contributed by atoms with Gasteiger partial charge in [0.25, 0.3) is 0 Å². The van der Waals surface area contributed by atoms with Gasteiger partial charge in [0.15, 0.2) is 0 Å². The number of fused-ring (bicyclic) bond motifs is 1. The van der Waals surface area contributed by atoms with Crippen LogP contribution in [0.1, 0.15) is 11.6 Å². The predicted molar refractivity (Wildman–Crippen MR) is 73.1 cm³/mol. The minimum Gasteiger partial charge on any atom is -0.378 e. The van der Waals surface area contributed by atoms with E-state index in [1.165, 1.54) is 4.90 Å². The quantitative estimate of drug-likeness (QED) is 0.817. The zero-order valence-electron chi connectivity index (χ0n) is 11.1. The standard InChI is InChI=1S/C14H17N3O3/c15-13-10-3-1-2-4-11(10)17(14(13)19)9-12(18)16-5-7-20-8-6-16/h1-4,13H,5-9,15H2. The van der Waals surface area contributed by atoms with E-state index in [2.05, 4.69) is 0 Å². The van der Waals surface area contributed by atoms with E-state index in [4.69, 9.17) is 10.5 Å². The second kappa shape index (κ2) is 5.22. The fourth-order valence-corrected chi connectivity index (χ4v) is 2.63. The van der Waals surface area contributed by atoms with Gasteiger partial charge in [0.1, 0.15) is 12.6 Å². The Kier molecular flexibility index (Phi) is 3.42. The van der Waals surface area contributed by atoms with Crippen LogP contribution in [0.3, 0.4) is 0 Å². The lowest BCUT2D eigenvalue weighted by Crippen LogP contribution is -2.47. The van der Waals surface area contributed by atoms with E-state index >= 15 is 0 Å². The fourth-order valence-electron chi connectivity index (χ4n) is 2.63. The van der Waals surface area contributed by atoms with Crippen molar-refractivity contribution >= 4 is 17.5 Å². The van der Waals surface area contributed by atoms with Crippen LogP contribution in [-0.4, -0.2) is 49.6 Å². The van der Waals surface area contributed by atoms with Crippen LogP contribution in [0, 0.1) is 0 Å². The van der Waals surface area contributed by atoms with E-state index < -0.39 is 6.04 Å². The van der Waals surface area contributed by atoms with Gasteiger partial charge in [-0.2, -0.15) is 0 Å². The first-order chi connectivity index (χ1) is 9.68. The average Bonchev–Trinajstić information content (AvgIpc) is 2.74. The largest absolute Gasteiger partial charge is 0.378 e. The van der Waals surface area contributed by atoms with E-state index in [9.17, 15) is 9.59 Å². The molecule has 1 aromatic carbocycles. The van der Waals surface area contributed by atoms with Crippen LogP contribution < -0.4 is 10.6 Å². The molecule has 1 fully saturated rings. The number of amides is 2. The molecular formula is C14H17N3O3. The van der Waals surface area contributed by atoms with Crippen LogP contribution in [0.4, 0.5) is 5.69 Å². The summed E-state index contributed by atoms with van der Waals surface area (Å²) in [6.45, 7) is 2.30. The highest BCUT2D eigenvalue weighted by Crippen LogP contribution is 2.33. The summed E-state index contributed by atoms with van der Waals surface area (Å²) in [4.78, 5) is 27.6. The number of nitrogens with two attached hydrogens (primary N) is 1. The van der Waals surface area contributed by atoms with Crippen molar-refractivity contribution in [3.63, 3.8) is 0 Å². The SMILES string of the molecule is NC1C(=O)N(CC(=O)N2CCOCC2)c2ccccc21. The maximum absolute atomic E-state index is 12.3. The molecule has 1 aromatic rings. The van der Waals surface area contributed by atoms with Crippen LogP contribution in [0.15, 0.2) is 24.3 Å². The molecule has 0 aromatic heterocycles. The zero-order valence-corrected chi connectivity index (χ0v) is 11.1. The maximum Gasteiger partial charge on any atom is 0.249 e. The summed E-state index contributed by atoms with van der Waals surface area (Å²) in [6.07, 6.45) is 0. The molecule has 2 N–H and O–H groups in total. The highest BCUT2D eigenvalue weighted by molar-refractivity contribution is 6.07. The number of para-hydroxylation sites is 1. The Bertz CT molecular complexity index is 540. The number of rotatable bonds is 2. The van der Waals surface area contributed by atoms with Crippen molar-refractivity contribution in [3.8, 4) is 0 Å². The molecule has 1 atom stereocenters. The molecule has 106 valence electrons. The highest BCUT2D eigenvalue weighted by Gasteiger charge is 2.36. The third-order valence-corrected chi connectivity index (χ3v) is 3.75. The second-order valence-electron chi connectivity index (χ2n) is 4.95. The van der Waals surface area contributed by atoms with Gasteiger partial charge in [-0.3, -0.25) is 9.59 Å². The third kappa shape index (κ3) is 2.17. The molecule has 1 saturated heterocycles. The number of hydrogen-bond donors (Lipinski definition) is 1. The molecule has 2 aliphatic rings. The van der Waals surface area contributed by atoms with E-state index in [1.807, 2.05) is 24.3 Å². The molecule has 20 heavy (non-hydrogen) atoms. The summed E-state index contributed by atoms with van der Waals surface area (Å²) in [5.41, 5.74) is 7.43. The lowest BCUT2D eigenvalue weighted by Gasteiger charge is -2.28. The Hall–Kier alpha value is -1.92. The fraction of sp³-hybridized carbons (Fsp3) is 0.429. The Balaban J connectivity index is 1.77. The summed E-state index contributed by atoms with van der Waals surface area (Å²) in [6, 6.07) is 6.68. The molecule has 6 nitrogen and oxygen atoms in total. The number of ether oxygens (including phenoxy) is 1. The molecule has 1 unspecified atom stereocenters. The summed E-state index contributed by atoms with van der Waals surface area (Å²) in [5.74, 6) is -0.279. The summed E-state index contributed by atoms with van der Waals surface area (Å²) >= 11 is 0. The molecule has 0 bridgehead atoms. The summed E-state index contributed by atoms with van der Waals surface area (Å²) in [5, 5.41) is 0. The van der Waals surface area contributed by atoms with Gasteiger partial charge in [-0.15, -0.1) is 0 Å². The normalized spacial score (nSPS) is 22.1. The number of anilines is 1. The molecule has 2 amide bonds. The van der Waals surface area contributed by atoms with Crippen molar-refractivity contribution in [1.29, 1.82) is 0 Å². The van der Waals surface area contributed by atoms with Crippen LogP contribution in [0.2, 0.25) is 0 Å². The maximum atomic E-state index is 12.3. The summed E-state index contributed by atoms with van der Waals surface area (Å²) < 4.78 is 5.22. The molecular weight excluding hydrogens is 258 g/mol. The smallest absolute Gasteiger partial charge is 0.249 e. The lowest BCUT2D eigenvalue weighted by atomic mass is 10.1. The van der Waals surface area contributed by atoms with E-state index in [0.717, 1.165) is 11.3 Å². The Labute approximate surface area is 117 Å². The number of morpholine rings is 1. The molecule has 2 heterocycles. The first kappa shape index (κ1) is 13.1. The second-order valence-corrected chi connectivity index (χ2v) is 4.95. The van der Waals surface area contributed by atoms with Crippen molar-refractivity contribution in [1.82, 2.24) is 4.90 Å². The monoisotopic (exact) mass is 275 g/mol. The molecule has 0 aliphatic carbocycles. The van der Waals surface area contributed by atoms with Gasteiger partial charge in [-0.05, 0) is 6.07 Å². The Morgan fingerprint density at radius 2 is 2.00 bits per heavy atom. The number of hydrogen-bond acceptors (Lipinski definition) is 4. The summed E-state index contributed by atoms with van der Waals surface area (Å²) in [7, 11) is 0. The first-order valence-corrected chi connectivity index (χ1v) is 6.70. The predicted octanol–water partition coefficient (Wildman–Crippen LogP) is -0.108. The molecule has 0 saturated carbocycles. The van der Waals surface area contributed by atoms with Crippen molar-refractivity contribution in [3.05, 3.63) is 29.8 Å². The van der Waals surface area contributed by atoms with Gasteiger partial charge < -0.3 is 20.3 Å². The van der Waals surface area contributed by atoms with E-state index in [-0.39, 0.29) is 18.4 Å². The van der Waals surface area contributed by atoms with Crippen molar-refractivity contribution in [2.24, 2.45) is 5.73 Å². The van der Waals surface area contributed by atoms with Crippen LogP contribution in [0.25, 0.3) is 0 Å². The average molecular weight is 275 g/mol. The molecule has 0 spiro atoms.